The van der Waals surface area contributed by atoms with E-state index >= 15 is 0 Å². The number of carboxylic acid groups (broad SMARTS) is 4. The summed E-state index contributed by atoms with van der Waals surface area (Å²) in [5, 5.41) is 87.9. The van der Waals surface area contributed by atoms with Crippen molar-refractivity contribution in [1.29, 1.82) is 0 Å². The van der Waals surface area contributed by atoms with Gasteiger partial charge in [0.25, 0.3) is 0 Å². The average Bonchev–Trinajstić information content (AvgIpc) is 1.63. The fourth-order valence-corrected chi connectivity index (χ4v) is 18.1. The van der Waals surface area contributed by atoms with Crippen molar-refractivity contribution < 1.29 is 88.7 Å². The first-order valence-corrected chi connectivity index (χ1v) is 40.0. The summed E-state index contributed by atoms with van der Waals surface area (Å²) in [5.41, 5.74) is 11.5. The lowest BCUT2D eigenvalue weighted by Gasteiger charge is -2.08. The molecular formula is C97H64ClFO17S4. The van der Waals surface area contributed by atoms with Gasteiger partial charge in [0.1, 0.15) is 34.6 Å². The Hall–Kier alpha value is -14.8. The maximum absolute atomic E-state index is 14.3. The van der Waals surface area contributed by atoms with E-state index in [9.17, 15) is 68.3 Å². The molecule has 9 N–H and O–H groups in total. The van der Waals surface area contributed by atoms with Crippen LogP contribution >= 0.6 is 56.9 Å². The third kappa shape index (κ3) is 19.3. The number of aliphatic carboxylic acids is 4. The minimum atomic E-state index is -1.04. The van der Waals surface area contributed by atoms with Crippen molar-refractivity contribution in [2.45, 2.75) is 6.92 Å². The summed E-state index contributed by atoms with van der Waals surface area (Å²) in [4.78, 5) is 98.1. The number of benzene rings is 12. The quantitative estimate of drug-likeness (QED) is 0.0253. The van der Waals surface area contributed by atoms with Crippen molar-refractivity contribution in [2.24, 2.45) is 0 Å². The Morgan fingerprint density at radius 3 is 0.875 bits per heavy atom. The molecule has 23 heteroatoms. The van der Waals surface area contributed by atoms with Crippen molar-refractivity contribution in [3.8, 4) is 73.3 Å². The average molecular weight is 1680 g/mol. The van der Waals surface area contributed by atoms with Crippen LogP contribution in [0.5, 0.6) is 28.7 Å². The van der Waals surface area contributed by atoms with Gasteiger partial charge in [0.05, 0.1) is 30.1 Å². The summed E-state index contributed by atoms with van der Waals surface area (Å²) in [6, 6.07) is 75.2. The Bertz CT molecular complexity index is 6340. The van der Waals surface area contributed by atoms with E-state index < -0.39 is 35.5 Å². The summed E-state index contributed by atoms with van der Waals surface area (Å²) in [6.45, 7) is 1.91. The molecule has 0 radical (unpaired) electrons. The second kappa shape index (κ2) is 37.0. The monoisotopic (exact) mass is 1680 g/mol. The maximum atomic E-state index is 14.3. The van der Waals surface area contributed by atoms with Crippen LogP contribution in [0.2, 0.25) is 5.02 Å². The molecular weight excluding hydrogens is 1620 g/mol. The van der Waals surface area contributed by atoms with E-state index in [-0.39, 0.29) is 51.7 Å². The minimum Gasteiger partial charge on any atom is -0.508 e. The van der Waals surface area contributed by atoms with Crippen LogP contribution in [0.3, 0.4) is 0 Å². The number of aromatic hydroxyl groups is 5. The number of halogens is 2. The zero-order valence-electron chi connectivity index (χ0n) is 62.7. The Balaban J connectivity index is 0.000000138. The molecule has 0 saturated carbocycles. The first-order chi connectivity index (χ1) is 57.7. The number of thiophene rings is 4. The molecule has 0 aliphatic heterocycles. The molecule has 0 saturated heterocycles. The number of fused-ring (bicyclic) bond motifs is 4. The molecule has 0 spiro atoms. The van der Waals surface area contributed by atoms with Gasteiger partial charge in [-0.1, -0.05) is 157 Å². The van der Waals surface area contributed by atoms with Crippen LogP contribution in [0.1, 0.15) is 88.8 Å². The van der Waals surface area contributed by atoms with Gasteiger partial charge in [-0.15, -0.1) is 45.3 Å². The van der Waals surface area contributed by atoms with Crippen molar-refractivity contribution in [2.75, 3.05) is 0 Å². The number of aryl methyl sites for hydroxylation is 1. The van der Waals surface area contributed by atoms with Gasteiger partial charge in [0, 0.05) is 104 Å². The first-order valence-electron chi connectivity index (χ1n) is 36.3. The van der Waals surface area contributed by atoms with E-state index in [0.29, 0.717) is 57.0 Å². The molecule has 17 nitrogen and oxygen atoms in total. The Morgan fingerprint density at radius 1 is 0.300 bits per heavy atom. The van der Waals surface area contributed by atoms with Crippen LogP contribution in [0.4, 0.5) is 4.39 Å². The number of ketones is 4. The smallest absolute Gasteiger partial charge is 0.328 e. The van der Waals surface area contributed by atoms with Crippen LogP contribution in [-0.4, -0.2) is 93.0 Å². The number of carbonyl (C=O) groups is 8. The lowest BCUT2D eigenvalue weighted by molar-refractivity contribution is -0.132. The highest BCUT2D eigenvalue weighted by Crippen LogP contribution is 2.47. The lowest BCUT2D eigenvalue weighted by Crippen LogP contribution is -2.03. The molecule has 4 heterocycles. The van der Waals surface area contributed by atoms with Gasteiger partial charge in [-0.25, -0.2) is 23.6 Å². The molecule has 0 bridgehead atoms. The Labute approximate surface area is 704 Å². The van der Waals surface area contributed by atoms with E-state index in [1.807, 2.05) is 85.8 Å². The summed E-state index contributed by atoms with van der Waals surface area (Å²) >= 11 is 11.4. The third-order valence-corrected chi connectivity index (χ3v) is 23.7. The topological polar surface area (TPSA) is 319 Å². The lowest BCUT2D eigenvalue weighted by atomic mass is 9.96. The predicted octanol–water partition coefficient (Wildman–Crippen LogP) is 23.2. The van der Waals surface area contributed by atoms with Crippen molar-refractivity contribution in [1.82, 2.24) is 0 Å². The summed E-state index contributed by atoms with van der Waals surface area (Å²) in [7, 11) is 0. The van der Waals surface area contributed by atoms with Crippen LogP contribution in [0.15, 0.2) is 291 Å². The fraction of sp³-hybridized carbons (Fsp3) is 0.0103. The summed E-state index contributed by atoms with van der Waals surface area (Å²) < 4.78 is 17.4. The zero-order valence-corrected chi connectivity index (χ0v) is 66.7. The molecule has 120 heavy (non-hydrogen) atoms. The number of hydrogen-bond acceptors (Lipinski definition) is 17. The number of phenolic OH excluding ortho intramolecular Hbond substituents is 5. The summed E-state index contributed by atoms with van der Waals surface area (Å²) in [6.07, 6.45) is 10.3. The standard InChI is InChI=1S/C25H18O4S.C24H15ClO4S.C24H15FO4S.C24H16O5S/c1-15-4-2-3-5-19(15)24(29)25-23(20-12-11-18(26)14-21(20)30-25)17-9-6-16(7-10-17)8-13-22(27)28;2*25-19-4-2-1-3-17(19)23(29)24-22(18-11-10-16(26)13-20(18)30-24)15-8-5-14(6-9-15)7-12-21(27)28;25-17-8-6-16(7-9-17)23(29)24-22(19-11-10-18(26)13-20(19)30-24)15-4-1-14(2-5-15)3-12-21(27)28/h2-14,26H,1H3,(H,27,28);2*1-13,26H,(H,27,28);1-13,25-26H,(H,27,28)/b13-8+;2*12-7+;12-3+. The Morgan fingerprint density at radius 2 is 0.567 bits per heavy atom. The van der Waals surface area contributed by atoms with Gasteiger partial charge in [-0.2, -0.15) is 0 Å². The van der Waals surface area contributed by atoms with E-state index in [4.69, 9.17) is 32.0 Å². The van der Waals surface area contributed by atoms with Gasteiger partial charge in [0.15, 0.2) is 0 Å². The molecule has 0 atom stereocenters. The van der Waals surface area contributed by atoms with E-state index in [1.165, 1.54) is 100.0 Å². The van der Waals surface area contributed by atoms with E-state index in [2.05, 4.69) is 0 Å². The molecule has 4 aromatic heterocycles. The van der Waals surface area contributed by atoms with Gasteiger partial charge in [0.2, 0.25) is 23.1 Å². The highest BCUT2D eigenvalue weighted by molar-refractivity contribution is 7.23. The fourth-order valence-electron chi connectivity index (χ4n) is 13.1. The van der Waals surface area contributed by atoms with E-state index in [0.717, 1.165) is 121 Å². The number of rotatable bonds is 20. The van der Waals surface area contributed by atoms with Crippen LogP contribution in [0, 0.1) is 12.7 Å². The second-order valence-corrected chi connectivity index (χ2v) is 31.4. The van der Waals surface area contributed by atoms with Gasteiger partial charge >= 0.3 is 23.9 Å². The van der Waals surface area contributed by atoms with Gasteiger partial charge < -0.3 is 46.0 Å². The molecule has 592 valence electrons. The molecule has 16 rings (SSSR count). The van der Waals surface area contributed by atoms with Crippen molar-refractivity contribution in [3.63, 3.8) is 0 Å². The predicted molar refractivity (Wildman–Crippen MR) is 473 cm³/mol. The number of hydrogen-bond donors (Lipinski definition) is 9. The number of carboxylic acids is 4. The molecule has 16 aromatic rings. The molecule has 0 aliphatic rings. The van der Waals surface area contributed by atoms with Crippen molar-refractivity contribution >= 4 is 169 Å². The first kappa shape index (κ1) is 83.2. The highest BCUT2D eigenvalue weighted by atomic mass is 35.5. The minimum absolute atomic E-state index is 0.0180. The largest absolute Gasteiger partial charge is 0.508 e. The van der Waals surface area contributed by atoms with Crippen LogP contribution in [0.25, 0.3) is 109 Å². The van der Waals surface area contributed by atoms with Crippen molar-refractivity contribution in [3.05, 3.63) is 372 Å². The normalized spacial score (nSPS) is 11.2. The maximum Gasteiger partial charge on any atom is 0.328 e. The van der Waals surface area contributed by atoms with Gasteiger partial charge in [-0.05, 0) is 203 Å². The molecule has 0 aliphatic carbocycles. The SMILES string of the molecule is Cc1ccccc1C(=O)c1sc2cc(O)ccc2c1-c1ccc(/C=C/C(=O)O)cc1.O=C(O)/C=C/c1ccc(-c2c(C(=O)c3ccc(O)cc3)sc3cc(O)ccc23)cc1.O=C(O)/C=C/c1ccc(-c2c(C(=O)c3ccccc3Cl)sc3cc(O)ccc23)cc1.O=C(O)/C=C/c1ccc(-c2c(C(=O)c3ccccc3F)sc3cc(O)ccc23)cc1. The van der Waals surface area contributed by atoms with E-state index in [1.54, 1.807) is 158 Å². The molecule has 0 amide bonds. The second-order valence-electron chi connectivity index (χ2n) is 26.8. The zero-order chi connectivity index (χ0) is 85.0. The summed E-state index contributed by atoms with van der Waals surface area (Å²) in [5.74, 6) is -4.98. The van der Waals surface area contributed by atoms with Gasteiger partial charge in [-0.3, -0.25) is 19.2 Å². The molecule has 12 aromatic carbocycles. The molecule has 0 fully saturated rings. The van der Waals surface area contributed by atoms with Crippen LogP contribution < -0.4 is 0 Å². The number of carbonyl (C=O) groups excluding carboxylic acids is 4. The van der Waals surface area contributed by atoms with Crippen LogP contribution in [-0.2, 0) is 19.2 Å². The number of phenols is 5. The molecule has 0 unspecified atom stereocenters. The third-order valence-electron chi connectivity index (χ3n) is 18.7. The highest BCUT2D eigenvalue weighted by Gasteiger charge is 2.28. The Kier molecular flexibility index (Phi) is 25.7.